The normalized spacial score (nSPS) is 14.9. The molecule has 1 aliphatic rings. The maximum atomic E-state index is 11.8. The standard InChI is InChI=1S/C23H27ClN6O2S/c1-22(2,3)32-21(31)29-13-16-12-26-19(33-16)15-10-27-20(28-11-15)30-14-23(7-5-8-23)18-17(24)6-4-9-25-18/h4,6,9-12H,5,7-8,13-14H2,1-3H3,(H,29,31)(H,27,28,30). The number of carbonyl (C=O) groups excluding carboxylic acids is 1. The van der Waals surface area contributed by atoms with E-state index in [4.69, 9.17) is 16.3 Å². The molecule has 0 unspecified atom stereocenters. The lowest BCUT2D eigenvalue weighted by atomic mass is 9.66. The van der Waals surface area contributed by atoms with Crippen LogP contribution in [0, 0.1) is 0 Å². The molecule has 4 rings (SSSR count). The third-order valence-electron chi connectivity index (χ3n) is 5.41. The molecule has 1 aliphatic carbocycles. The van der Waals surface area contributed by atoms with Gasteiger partial charge in [-0.3, -0.25) is 4.98 Å². The molecule has 2 N–H and O–H groups in total. The maximum Gasteiger partial charge on any atom is 0.407 e. The minimum absolute atomic E-state index is 0.0777. The highest BCUT2D eigenvalue weighted by Crippen LogP contribution is 2.45. The Hall–Kier alpha value is -2.78. The zero-order chi connectivity index (χ0) is 23.5. The van der Waals surface area contributed by atoms with E-state index in [1.807, 2.05) is 32.9 Å². The lowest BCUT2D eigenvalue weighted by Crippen LogP contribution is -2.42. The van der Waals surface area contributed by atoms with Gasteiger partial charge in [-0.2, -0.15) is 0 Å². The number of rotatable bonds is 7. The number of amides is 1. The average molecular weight is 487 g/mol. The summed E-state index contributed by atoms with van der Waals surface area (Å²) >= 11 is 7.88. The van der Waals surface area contributed by atoms with Gasteiger partial charge in [-0.05, 0) is 45.7 Å². The first kappa shape index (κ1) is 23.4. The minimum atomic E-state index is -0.530. The number of aromatic nitrogens is 4. The summed E-state index contributed by atoms with van der Waals surface area (Å²) in [6, 6.07) is 3.74. The smallest absolute Gasteiger partial charge is 0.407 e. The monoisotopic (exact) mass is 486 g/mol. The van der Waals surface area contributed by atoms with E-state index < -0.39 is 11.7 Å². The van der Waals surface area contributed by atoms with Crippen LogP contribution in [0.25, 0.3) is 10.6 Å². The van der Waals surface area contributed by atoms with Crippen molar-refractivity contribution in [1.29, 1.82) is 0 Å². The van der Waals surface area contributed by atoms with E-state index in [2.05, 4.69) is 30.6 Å². The molecule has 0 saturated heterocycles. The van der Waals surface area contributed by atoms with E-state index in [1.165, 1.54) is 11.3 Å². The minimum Gasteiger partial charge on any atom is -0.444 e. The number of thiazole rings is 1. The average Bonchev–Trinajstić information content (AvgIpc) is 3.21. The second-order valence-electron chi connectivity index (χ2n) is 9.10. The number of ether oxygens (including phenoxy) is 1. The number of halogens is 1. The van der Waals surface area contributed by atoms with Crippen molar-refractivity contribution in [2.24, 2.45) is 0 Å². The van der Waals surface area contributed by atoms with Gasteiger partial charge in [0.2, 0.25) is 5.95 Å². The predicted octanol–water partition coefficient (Wildman–Crippen LogP) is 5.21. The molecule has 1 amide bonds. The Labute approximate surface area is 202 Å². The summed E-state index contributed by atoms with van der Waals surface area (Å²) in [4.78, 5) is 30.6. The molecule has 0 radical (unpaired) electrons. The number of hydrogen-bond acceptors (Lipinski definition) is 8. The molecule has 8 nitrogen and oxygen atoms in total. The van der Waals surface area contributed by atoms with Crippen molar-refractivity contribution >= 4 is 35.0 Å². The van der Waals surface area contributed by atoms with E-state index in [-0.39, 0.29) is 5.41 Å². The second kappa shape index (κ2) is 9.61. The SMILES string of the molecule is CC(C)(C)OC(=O)NCc1cnc(-c2cnc(NCC3(c4ncccc4Cl)CCC3)nc2)s1. The lowest BCUT2D eigenvalue weighted by Gasteiger charge is -2.41. The van der Waals surface area contributed by atoms with Crippen LogP contribution in [0.4, 0.5) is 10.7 Å². The van der Waals surface area contributed by atoms with E-state index >= 15 is 0 Å². The predicted molar refractivity (Wildman–Crippen MR) is 129 cm³/mol. The highest BCUT2D eigenvalue weighted by Gasteiger charge is 2.41. The molecule has 0 bridgehead atoms. The number of anilines is 1. The Kier molecular flexibility index (Phi) is 6.81. The van der Waals surface area contributed by atoms with Crippen molar-refractivity contribution in [3.8, 4) is 10.6 Å². The van der Waals surface area contributed by atoms with Gasteiger partial charge in [-0.15, -0.1) is 11.3 Å². The first-order chi connectivity index (χ1) is 15.7. The number of nitrogens with one attached hydrogen (secondary N) is 2. The van der Waals surface area contributed by atoms with Crippen molar-refractivity contribution in [2.45, 2.75) is 57.6 Å². The molecule has 1 fully saturated rings. The van der Waals surface area contributed by atoms with Crippen LogP contribution in [0.15, 0.2) is 36.9 Å². The van der Waals surface area contributed by atoms with Crippen LogP contribution in [0.3, 0.4) is 0 Å². The summed E-state index contributed by atoms with van der Waals surface area (Å²) in [7, 11) is 0. The number of nitrogens with zero attached hydrogens (tertiary/aromatic N) is 4. The molecule has 1 saturated carbocycles. The molecular formula is C23H27ClN6O2S. The molecular weight excluding hydrogens is 460 g/mol. The molecule has 10 heteroatoms. The highest BCUT2D eigenvalue weighted by atomic mass is 35.5. The lowest BCUT2D eigenvalue weighted by molar-refractivity contribution is 0.0524. The van der Waals surface area contributed by atoms with Gasteiger partial charge in [0.1, 0.15) is 10.6 Å². The van der Waals surface area contributed by atoms with E-state index in [9.17, 15) is 4.79 Å². The molecule has 0 atom stereocenters. The van der Waals surface area contributed by atoms with Crippen molar-refractivity contribution in [3.05, 3.63) is 52.5 Å². The van der Waals surface area contributed by atoms with Crippen LogP contribution in [0.5, 0.6) is 0 Å². The Morgan fingerprint density at radius 3 is 2.58 bits per heavy atom. The molecule has 3 aromatic rings. The fourth-order valence-corrected chi connectivity index (χ4v) is 4.80. The Bertz CT molecular complexity index is 1110. The van der Waals surface area contributed by atoms with Crippen molar-refractivity contribution in [2.75, 3.05) is 11.9 Å². The van der Waals surface area contributed by atoms with Gasteiger partial charge in [-0.1, -0.05) is 18.0 Å². The van der Waals surface area contributed by atoms with Crippen molar-refractivity contribution in [1.82, 2.24) is 25.3 Å². The zero-order valence-electron chi connectivity index (χ0n) is 18.9. The van der Waals surface area contributed by atoms with Gasteiger partial charge in [0.15, 0.2) is 0 Å². The van der Waals surface area contributed by atoms with Crippen LogP contribution in [-0.2, 0) is 16.7 Å². The van der Waals surface area contributed by atoms with Gasteiger partial charge in [0.25, 0.3) is 0 Å². The summed E-state index contributed by atoms with van der Waals surface area (Å²) in [5.41, 5.74) is 1.15. The fraction of sp³-hybridized carbons (Fsp3) is 0.435. The van der Waals surface area contributed by atoms with E-state index in [0.29, 0.717) is 24.1 Å². The largest absolute Gasteiger partial charge is 0.444 e. The van der Waals surface area contributed by atoms with Crippen LogP contribution in [0.1, 0.15) is 50.6 Å². The van der Waals surface area contributed by atoms with Gasteiger partial charge in [0, 0.05) is 47.2 Å². The molecule has 0 aromatic carbocycles. The summed E-state index contributed by atoms with van der Waals surface area (Å²) in [6.45, 7) is 6.52. The van der Waals surface area contributed by atoms with Gasteiger partial charge < -0.3 is 15.4 Å². The third kappa shape index (κ3) is 5.78. The van der Waals surface area contributed by atoms with E-state index in [0.717, 1.165) is 40.4 Å². The highest BCUT2D eigenvalue weighted by molar-refractivity contribution is 7.15. The first-order valence-corrected chi connectivity index (χ1v) is 12.0. The quantitative estimate of drug-likeness (QED) is 0.472. The molecule has 3 aromatic heterocycles. The zero-order valence-corrected chi connectivity index (χ0v) is 20.5. The molecule has 174 valence electrons. The molecule has 33 heavy (non-hydrogen) atoms. The molecule has 0 aliphatic heterocycles. The number of pyridine rings is 1. The Morgan fingerprint density at radius 2 is 1.94 bits per heavy atom. The topological polar surface area (TPSA) is 102 Å². The van der Waals surface area contributed by atoms with Crippen LogP contribution in [0.2, 0.25) is 5.02 Å². The number of hydrogen-bond donors (Lipinski definition) is 2. The Balaban J connectivity index is 1.34. The van der Waals surface area contributed by atoms with Crippen LogP contribution >= 0.6 is 22.9 Å². The summed E-state index contributed by atoms with van der Waals surface area (Å²) in [5.74, 6) is 0.556. The summed E-state index contributed by atoms with van der Waals surface area (Å²) in [5, 5.41) is 7.59. The molecule has 0 spiro atoms. The van der Waals surface area contributed by atoms with Crippen LogP contribution in [-0.4, -0.2) is 38.2 Å². The Morgan fingerprint density at radius 1 is 1.18 bits per heavy atom. The van der Waals surface area contributed by atoms with Crippen molar-refractivity contribution in [3.63, 3.8) is 0 Å². The summed E-state index contributed by atoms with van der Waals surface area (Å²) in [6.07, 6.45) is 9.80. The maximum absolute atomic E-state index is 11.8. The number of alkyl carbamates (subject to hydrolysis) is 1. The van der Waals surface area contributed by atoms with E-state index in [1.54, 1.807) is 24.8 Å². The fourth-order valence-electron chi connectivity index (χ4n) is 3.65. The first-order valence-electron chi connectivity index (χ1n) is 10.8. The summed E-state index contributed by atoms with van der Waals surface area (Å²) < 4.78 is 5.25. The van der Waals surface area contributed by atoms with Crippen LogP contribution < -0.4 is 10.6 Å². The van der Waals surface area contributed by atoms with Gasteiger partial charge in [0.05, 0.1) is 17.3 Å². The third-order valence-corrected chi connectivity index (χ3v) is 6.77. The second-order valence-corrected chi connectivity index (χ2v) is 10.6. The van der Waals surface area contributed by atoms with Crippen molar-refractivity contribution < 1.29 is 9.53 Å². The van der Waals surface area contributed by atoms with Gasteiger partial charge >= 0.3 is 6.09 Å². The molecule has 3 heterocycles. The number of carbonyl (C=O) groups is 1. The van der Waals surface area contributed by atoms with Gasteiger partial charge in [-0.25, -0.2) is 19.7 Å².